The molecule has 1 atom stereocenters. The van der Waals surface area contributed by atoms with E-state index in [-0.39, 0.29) is 12.0 Å². The fourth-order valence-corrected chi connectivity index (χ4v) is 2.54. The third-order valence-corrected chi connectivity index (χ3v) is 3.42. The summed E-state index contributed by atoms with van der Waals surface area (Å²) >= 11 is 0. The van der Waals surface area contributed by atoms with Crippen molar-refractivity contribution in [3.8, 4) is 5.75 Å². The number of hydrogen-bond acceptors (Lipinski definition) is 4. The Balaban J connectivity index is 2.22. The normalized spacial score (nSPS) is 17.4. The van der Waals surface area contributed by atoms with Crippen LogP contribution in [0, 0.1) is 0 Å². The molecule has 0 aromatic heterocycles. The average Bonchev–Trinajstić information content (AvgIpc) is 2.75. The molecule has 4 nitrogen and oxygen atoms in total. The van der Waals surface area contributed by atoms with Gasteiger partial charge in [0, 0.05) is 12.5 Å². The minimum absolute atomic E-state index is 0.185. The fraction of sp³-hybridized carbons (Fsp3) is 0.500. The van der Waals surface area contributed by atoms with Crippen molar-refractivity contribution in [2.45, 2.75) is 31.7 Å². The van der Waals surface area contributed by atoms with E-state index in [0.29, 0.717) is 12.8 Å². The SMILES string of the molecule is COC(=O)CCc1ccc2c(c1OC)CC(N)C2. The summed E-state index contributed by atoms with van der Waals surface area (Å²) in [5, 5.41) is 0. The Hall–Kier alpha value is -1.55. The van der Waals surface area contributed by atoms with Crippen molar-refractivity contribution in [1.82, 2.24) is 0 Å². The van der Waals surface area contributed by atoms with Crippen LogP contribution in [0.15, 0.2) is 12.1 Å². The van der Waals surface area contributed by atoms with Gasteiger partial charge >= 0.3 is 5.97 Å². The molecule has 2 rings (SSSR count). The molecule has 4 heteroatoms. The maximum absolute atomic E-state index is 11.2. The first-order chi connectivity index (χ1) is 8.65. The number of aryl methyl sites for hydroxylation is 1. The van der Waals surface area contributed by atoms with Gasteiger partial charge in [-0.1, -0.05) is 12.1 Å². The van der Waals surface area contributed by atoms with Crippen LogP contribution in [-0.2, 0) is 28.8 Å². The van der Waals surface area contributed by atoms with Crippen LogP contribution >= 0.6 is 0 Å². The standard InChI is InChI=1S/C14H19NO3/c1-17-13(16)6-5-9-3-4-10-7-11(15)8-12(10)14(9)18-2/h3-4,11H,5-8,15H2,1-2H3. The zero-order valence-corrected chi connectivity index (χ0v) is 10.9. The maximum Gasteiger partial charge on any atom is 0.305 e. The lowest BCUT2D eigenvalue weighted by atomic mass is 10.0. The molecular weight excluding hydrogens is 230 g/mol. The highest BCUT2D eigenvalue weighted by Gasteiger charge is 2.23. The maximum atomic E-state index is 11.2. The molecule has 0 heterocycles. The van der Waals surface area contributed by atoms with E-state index in [4.69, 9.17) is 10.5 Å². The summed E-state index contributed by atoms with van der Waals surface area (Å²) in [5.41, 5.74) is 9.49. The summed E-state index contributed by atoms with van der Waals surface area (Å²) < 4.78 is 10.2. The van der Waals surface area contributed by atoms with E-state index in [1.165, 1.54) is 18.2 Å². The Morgan fingerprint density at radius 3 is 2.83 bits per heavy atom. The number of nitrogens with two attached hydrogens (primary N) is 1. The number of esters is 1. The van der Waals surface area contributed by atoms with E-state index in [9.17, 15) is 4.79 Å². The molecule has 0 fully saturated rings. The number of rotatable bonds is 4. The van der Waals surface area contributed by atoms with Gasteiger partial charge in [-0.25, -0.2) is 0 Å². The second-order valence-electron chi connectivity index (χ2n) is 4.64. The molecule has 2 N–H and O–H groups in total. The first kappa shape index (κ1) is 12.9. The van der Waals surface area contributed by atoms with E-state index in [1.807, 2.05) is 6.07 Å². The third kappa shape index (κ3) is 2.48. The number of fused-ring (bicyclic) bond motifs is 1. The van der Waals surface area contributed by atoms with Gasteiger partial charge in [0.25, 0.3) is 0 Å². The molecule has 0 saturated heterocycles. The van der Waals surface area contributed by atoms with Crippen LogP contribution in [0.4, 0.5) is 0 Å². The second kappa shape index (κ2) is 5.40. The van der Waals surface area contributed by atoms with Crippen molar-refractivity contribution < 1.29 is 14.3 Å². The summed E-state index contributed by atoms with van der Waals surface area (Å²) in [4.78, 5) is 11.2. The summed E-state index contributed by atoms with van der Waals surface area (Å²) in [6.07, 6.45) is 2.77. The van der Waals surface area contributed by atoms with Crippen molar-refractivity contribution in [3.05, 3.63) is 28.8 Å². The summed E-state index contributed by atoms with van der Waals surface area (Å²) in [7, 11) is 3.07. The second-order valence-corrected chi connectivity index (χ2v) is 4.64. The number of benzene rings is 1. The molecule has 1 unspecified atom stereocenters. The van der Waals surface area contributed by atoms with Crippen molar-refractivity contribution in [2.24, 2.45) is 5.73 Å². The largest absolute Gasteiger partial charge is 0.496 e. The van der Waals surface area contributed by atoms with Crippen molar-refractivity contribution in [1.29, 1.82) is 0 Å². The molecule has 1 aliphatic rings. The fourth-order valence-electron chi connectivity index (χ4n) is 2.54. The molecule has 18 heavy (non-hydrogen) atoms. The van der Waals surface area contributed by atoms with Gasteiger partial charge < -0.3 is 15.2 Å². The molecule has 1 aromatic rings. The first-order valence-corrected chi connectivity index (χ1v) is 6.15. The molecule has 0 amide bonds. The molecule has 0 spiro atoms. The quantitative estimate of drug-likeness (QED) is 0.815. The predicted molar refractivity (Wildman–Crippen MR) is 68.7 cm³/mol. The van der Waals surface area contributed by atoms with Gasteiger partial charge in [0.2, 0.25) is 0 Å². The highest BCUT2D eigenvalue weighted by Crippen LogP contribution is 2.33. The zero-order chi connectivity index (χ0) is 13.1. The lowest BCUT2D eigenvalue weighted by Crippen LogP contribution is -2.19. The molecular formula is C14H19NO3. The van der Waals surface area contributed by atoms with E-state index in [1.54, 1.807) is 7.11 Å². The van der Waals surface area contributed by atoms with Gasteiger partial charge in [-0.2, -0.15) is 0 Å². The summed E-state index contributed by atoms with van der Waals surface area (Å²) in [5.74, 6) is 0.693. The topological polar surface area (TPSA) is 61.5 Å². The molecule has 98 valence electrons. The zero-order valence-electron chi connectivity index (χ0n) is 10.9. The van der Waals surface area contributed by atoms with E-state index < -0.39 is 0 Å². The van der Waals surface area contributed by atoms with Crippen LogP contribution in [0.5, 0.6) is 5.75 Å². The van der Waals surface area contributed by atoms with Gasteiger partial charge in [-0.3, -0.25) is 4.79 Å². The van der Waals surface area contributed by atoms with Gasteiger partial charge in [-0.15, -0.1) is 0 Å². The number of hydrogen-bond donors (Lipinski definition) is 1. The number of ether oxygens (including phenoxy) is 2. The minimum atomic E-state index is -0.200. The van der Waals surface area contributed by atoms with Gasteiger partial charge in [0.05, 0.1) is 14.2 Å². The molecule has 0 saturated carbocycles. The van der Waals surface area contributed by atoms with Gasteiger partial charge in [-0.05, 0) is 36.0 Å². The molecule has 1 aromatic carbocycles. The third-order valence-electron chi connectivity index (χ3n) is 3.42. The van der Waals surface area contributed by atoms with Crippen LogP contribution in [0.3, 0.4) is 0 Å². The molecule has 0 bridgehead atoms. The highest BCUT2D eigenvalue weighted by molar-refractivity contribution is 5.69. The lowest BCUT2D eigenvalue weighted by molar-refractivity contribution is -0.140. The van der Waals surface area contributed by atoms with Gasteiger partial charge in [0.1, 0.15) is 5.75 Å². The summed E-state index contributed by atoms with van der Waals surface area (Å²) in [6.45, 7) is 0. The number of carbonyl (C=O) groups is 1. The smallest absolute Gasteiger partial charge is 0.305 e. The average molecular weight is 249 g/mol. The first-order valence-electron chi connectivity index (χ1n) is 6.15. The molecule has 0 radical (unpaired) electrons. The summed E-state index contributed by atoms with van der Waals surface area (Å²) in [6, 6.07) is 4.31. The monoisotopic (exact) mass is 249 g/mol. The van der Waals surface area contributed by atoms with Crippen molar-refractivity contribution in [3.63, 3.8) is 0 Å². The van der Waals surface area contributed by atoms with Crippen LogP contribution in [-0.4, -0.2) is 26.2 Å². The molecule has 1 aliphatic carbocycles. The number of carbonyl (C=O) groups excluding carboxylic acids is 1. The van der Waals surface area contributed by atoms with Gasteiger partial charge in [0.15, 0.2) is 0 Å². The van der Waals surface area contributed by atoms with E-state index >= 15 is 0 Å². The lowest BCUT2D eigenvalue weighted by Gasteiger charge is -2.13. The number of methoxy groups -OCH3 is 2. The van der Waals surface area contributed by atoms with Crippen molar-refractivity contribution >= 4 is 5.97 Å². The van der Waals surface area contributed by atoms with E-state index in [2.05, 4.69) is 10.8 Å². The predicted octanol–water partition coefficient (Wildman–Crippen LogP) is 1.23. The Labute approximate surface area is 107 Å². The Morgan fingerprint density at radius 2 is 2.17 bits per heavy atom. The minimum Gasteiger partial charge on any atom is -0.496 e. The van der Waals surface area contributed by atoms with Crippen LogP contribution in [0.1, 0.15) is 23.1 Å². The Kier molecular flexibility index (Phi) is 3.87. The highest BCUT2D eigenvalue weighted by atomic mass is 16.5. The Bertz CT molecular complexity index is 457. The Morgan fingerprint density at radius 1 is 1.39 bits per heavy atom. The molecule has 0 aliphatic heterocycles. The van der Waals surface area contributed by atoms with E-state index in [0.717, 1.165) is 24.2 Å². The van der Waals surface area contributed by atoms with Crippen molar-refractivity contribution in [2.75, 3.05) is 14.2 Å². The van der Waals surface area contributed by atoms with Crippen LogP contribution in [0.2, 0.25) is 0 Å². The van der Waals surface area contributed by atoms with Crippen LogP contribution < -0.4 is 10.5 Å². The van der Waals surface area contributed by atoms with Crippen LogP contribution in [0.25, 0.3) is 0 Å².